The summed E-state index contributed by atoms with van der Waals surface area (Å²) in [5.41, 5.74) is 0.209. The summed E-state index contributed by atoms with van der Waals surface area (Å²) in [6.07, 6.45) is -1.33. The van der Waals surface area contributed by atoms with Gasteiger partial charge in [-0.05, 0) is 52.5 Å². The molecule has 3 aromatic rings. The summed E-state index contributed by atoms with van der Waals surface area (Å²) in [5.74, 6) is -0.285. The van der Waals surface area contributed by atoms with Crippen LogP contribution >= 0.6 is 39.1 Å². The summed E-state index contributed by atoms with van der Waals surface area (Å²) in [4.78, 5) is 12.5. The molecular weight excluding hydrogens is 522 g/mol. The van der Waals surface area contributed by atoms with Crippen LogP contribution in [0.25, 0.3) is 0 Å². The number of nitrogens with one attached hydrogen (secondary N) is 1. The van der Waals surface area contributed by atoms with E-state index in [0.29, 0.717) is 26.8 Å². The lowest BCUT2D eigenvalue weighted by Gasteiger charge is -2.07. The summed E-state index contributed by atoms with van der Waals surface area (Å²) < 4.78 is 42.3. The van der Waals surface area contributed by atoms with Crippen molar-refractivity contribution in [2.75, 3.05) is 5.32 Å². The van der Waals surface area contributed by atoms with Crippen molar-refractivity contribution in [1.29, 1.82) is 0 Å². The van der Waals surface area contributed by atoms with Crippen LogP contribution in [0.4, 0.5) is 19.0 Å². The SMILES string of the molecule is O=C(Cn1nc(C(F)(F)F)cc1C1CC1)Nc1nn(Cc2ccc(Cl)cc2Cl)cc1Br. The van der Waals surface area contributed by atoms with Gasteiger partial charge in [0.05, 0.1) is 11.0 Å². The number of carbonyl (C=O) groups excluding carboxylic acids is 1. The maximum absolute atomic E-state index is 13.0. The summed E-state index contributed by atoms with van der Waals surface area (Å²) in [7, 11) is 0. The fraction of sp³-hybridized carbons (Fsp3) is 0.316. The predicted octanol–water partition coefficient (Wildman–Crippen LogP) is 5.73. The molecule has 0 atom stereocenters. The highest BCUT2D eigenvalue weighted by atomic mass is 79.9. The molecule has 2 heterocycles. The van der Waals surface area contributed by atoms with Gasteiger partial charge in [-0.3, -0.25) is 14.2 Å². The first-order chi connectivity index (χ1) is 14.6. The van der Waals surface area contributed by atoms with E-state index in [0.717, 1.165) is 29.2 Å². The lowest BCUT2D eigenvalue weighted by molar-refractivity contribution is -0.141. The Morgan fingerprint density at radius 1 is 1.23 bits per heavy atom. The Hall–Kier alpha value is -2.04. The molecule has 2 aromatic heterocycles. The minimum atomic E-state index is -4.56. The minimum absolute atomic E-state index is 0.00599. The molecule has 0 spiro atoms. The highest BCUT2D eigenvalue weighted by Gasteiger charge is 2.38. The van der Waals surface area contributed by atoms with Crippen LogP contribution in [0, 0.1) is 0 Å². The number of alkyl halides is 3. The third kappa shape index (κ3) is 5.24. The lowest BCUT2D eigenvalue weighted by atomic mass is 10.2. The van der Waals surface area contributed by atoms with Gasteiger partial charge in [-0.25, -0.2) is 0 Å². The van der Waals surface area contributed by atoms with E-state index in [1.807, 2.05) is 0 Å². The Morgan fingerprint density at radius 2 is 1.97 bits per heavy atom. The molecule has 1 fully saturated rings. The lowest BCUT2D eigenvalue weighted by Crippen LogP contribution is -2.22. The molecule has 12 heteroatoms. The number of hydrogen-bond donors (Lipinski definition) is 1. The van der Waals surface area contributed by atoms with Crippen LogP contribution in [0.2, 0.25) is 10.0 Å². The second-order valence-electron chi connectivity index (χ2n) is 7.19. The average Bonchev–Trinajstić information content (AvgIpc) is 3.33. The molecule has 1 amide bonds. The summed E-state index contributed by atoms with van der Waals surface area (Å²) in [6, 6.07) is 6.12. The number of anilines is 1. The molecule has 0 unspecified atom stereocenters. The number of halogens is 6. The van der Waals surface area contributed by atoms with Gasteiger partial charge < -0.3 is 5.32 Å². The highest BCUT2D eigenvalue weighted by Crippen LogP contribution is 2.42. The van der Waals surface area contributed by atoms with E-state index in [1.165, 1.54) is 0 Å². The molecule has 0 radical (unpaired) electrons. The van der Waals surface area contributed by atoms with Gasteiger partial charge >= 0.3 is 6.18 Å². The van der Waals surface area contributed by atoms with Crippen LogP contribution in [-0.2, 0) is 24.1 Å². The van der Waals surface area contributed by atoms with Gasteiger partial charge in [0.25, 0.3) is 0 Å². The summed E-state index contributed by atoms with van der Waals surface area (Å²) in [6.45, 7) is -0.00533. The number of nitrogens with zero attached hydrogens (tertiary/aromatic N) is 4. The molecule has 0 saturated heterocycles. The Morgan fingerprint density at radius 3 is 2.61 bits per heavy atom. The molecule has 0 bridgehead atoms. The number of aromatic nitrogens is 4. The van der Waals surface area contributed by atoms with E-state index in [2.05, 4.69) is 31.4 Å². The topological polar surface area (TPSA) is 64.7 Å². The standard InChI is InChI=1S/C19H15BrCl2F3N5O/c20-13-8-29(7-11-3-4-12(21)5-14(11)22)28-18(13)26-17(31)9-30-15(10-1-2-10)6-16(27-30)19(23,24)25/h3-6,8,10H,1-2,7,9H2,(H,26,28,31). The van der Waals surface area contributed by atoms with Crippen molar-refractivity contribution in [1.82, 2.24) is 19.6 Å². The van der Waals surface area contributed by atoms with Crippen molar-refractivity contribution < 1.29 is 18.0 Å². The smallest absolute Gasteiger partial charge is 0.307 e. The van der Waals surface area contributed by atoms with Gasteiger partial charge in [0.2, 0.25) is 5.91 Å². The fourth-order valence-corrected chi connectivity index (χ4v) is 3.98. The summed E-state index contributed by atoms with van der Waals surface area (Å²) in [5, 5.41) is 11.5. The quantitative estimate of drug-likeness (QED) is 0.437. The number of hydrogen-bond acceptors (Lipinski definition) is 3. The minimum Gasteiger partial charge on any atom is -0.307 e. The van der Waals surface area contributed by atoms with Crippen LogP contribution < -0.4 is 5.32 Å². The zero-order valence-electron chi connectivity index (χ0n) is 15.8. The highest BCUT2D eigenvalue weighted by molar-refractivity contribution is 9.10. The van der Waals surface area contributed by atoms with Gasteiger partial charge in [-0.15, -0.1) is 0 Å². The zero-order valence-corrected chi connectivity index (χ0v) is 18.9. The first-order valence-electron chi connectivity index (χ1n) is 9.22. The predicted molar refractivity (Wildman–Crippen MR) is 113 cm³/mol. The van der Waals surface area contributed by atoms with Gasteiger partial charge in [-0.1, -0.05) is 29.3 Å². The van der Waals surface area contributed by atoms with Gasteiger partial charge in [0, 0.05) is 27.9 Å². The van der Waals surface area contributed by atoms with E-state index < -0.39 is 17.8 Å². The molecule has 1 N–H and O–H groups in total. The maximum Gasteiger partial charge on any atom is 0.435 e. The zero-order chi connectivity index (χ0) is 22.3. The number of carbonyl (C=O) groups is 1. The van der Waals surface area contributed by atoms with E-state index in [-0.39, 0.29) is 18.3 Å². The largest absolute Gasteiger partial charge is 0.435 e. The molecule has 1 aliphatic carbocycles. The fourth-order valence-electron chi connectivity index (χ4n) is 3.10. The molecule has 1 saturated carbocycles. The molecule has 31 heavy (non-hydrogen) atoms. The molecule has 6 nitrogen and oxygen atoms in total. The van der Waals surface area contributed by atoms with Crippen molar-refractivity contribution in [3.63, 3.8) is 0 Å². The van der Waals surface area contributed by atoms with Gasteiger partial charge in [0.1, 0.15) is 6.54 Å². The number of benzene rings is 1. The van der Waals surface area contributed by atoms with Crippen LogP contribution in [0.1, 0.15) is 35.7 Å². The Balaban J connectivity index is 1.46. The normalized spacial score (nSPS) is 14.1. The third-order valence-corrected chi connectivity index (χ3v) is 5.88. The third-order valence-electron chi connectivity index (χ3n) is 4.71. The van der Waals surface area contributed by atoms with Crippen molar-refractivity contribution >= 4 is 50.9 Å². The monoisotopic (exact) mass is 535 g/mol. The molecular formula is C19H15BrCl2F3N5O. The molecule has 4 rings (SSSR count). The Bertz CT molecular complexity index is 1140. The average molecular weight is 537 g/mol. The molecule has 1 aromatic carbocycles. The second-order valence-corrected chi connectivity index (χ2v) is 8.89. The first kappa shape index (κ1) is 22.2. The molecule has 0 aliphatic heterocycles. The van der Waals surface area contributed by atoms with Crippen molar-refractivity contribution in [2.24, 2.45) is 0 Å². The number of amides is 1. The van der Waals surface area contributed by atoms with Crippen LogP contribution in [0.15, 0.2) is 34.9 Å². The van der Waals surface area contributed by atoms with Crippen molar-refractivity contribution in [3.05, 3.63) is 61.9 Å². The van der Waals surface area contributed by atoms with E-state index >= 15 is 0 Å². The maximum atomic E-state index is 13.0. The van der Waals surface area contributed by atoms with E-state index in [1.54, 1.807) is 29.1 Å². The van der Waals surface area contributed by atoms with Crippen LogP contribution in [-0.4, -0.2) is 25.5 Å². The Kier molecular flexibility index (Phi) is 6.06. The van der Waals surface area contributed by atoms with Crippen LogP contribution in [0.3, 0.4) is 0 Å². The van der Waals surface area contributed by atoms with E-state index in [9.17, 15) is 18.0 Å². The van der Waals surface area contributed by atoms with Crippen LogP contribution in [0.5, 0.6) is 0 Å². The number of rotatable bonds is 6. The van der Waals surface area contributed by atoms with Crippen molar-refractivity contribution in [3.8, 4) is 0 Å². The molecule has 164 valence electrons. The van der Waals surface area contributed by atoms with Gasteiger partial charge in [0.15, 0.2) is 11.5 Å². The van der Waals surface area contributed by atoms with Gasteiger partial charge in [-0.2, -0.15) is 23.4 Å². The van der Waals surface area contributed by atoms with E-state index in [4.69, 9.17) is 23.2 Å². The first-order valence-corrected chi connectivity index (χ1v) is 10.8. The summed E-state index contributed by atoms with van der Waals surface area (Å²) >= 11 is 15.4. The van der Waals surface area contributed by atoms with Crippen molar-refractivity contribution in [2.45, 2.75) is 38.0 Å². The Labute approximate surface area is 193 Å². The molecule has 1 aliphatic rings. The second kappa shape index (κ2) is 8.48.